The summed E-state index contributed by atoms with van der Waals surface area (Å²) in [7, 11) is 0. The lowest BCUT2D eigenvalue weighted by atomic mass is 9.94. The van der Waals surface area contributed by atoms with Crippen molar-refractivity contribution in [2.24, 2.45) is 17.6 Å². The molecule has 1 unspecified atom stereocenters. The number of amides is 1. The monoisotopic (exact) mass is 286 g/mol. The molecule has 1 atom stereocenters. The Balaban J connectivity index is 2.33. The fourth-order valence-corrected chi connectivity index (χ4v) is 3.91. The molecule has 0 aromatic heterocycles. The minimum absolute atomic E-state index is 0.177. The number of carbonyl (C=O) groups excluding carboxylic acids is 1. The Bertz CT molecular complexity index is 275. The van der Waals surface area contributed by atoms with E-state index in [0.29, 0.717) is 29.5 Å². The Morgan fingerprint density at radius 1 is 1.37 bits per heavy atom. The van der Waals surface area contributed by atoms with Crippen molar-refractivity contribution in [1.29, 1.82) is 0 Å². The predicted molar refractivity (Wildman–Crippen MR) is 84.3 cm³/mol. The van der Waals surface area contributed by atoms with E-state index in [0.717, 1.165) is 13.0 Å². The molecule has 0 aromatic rings. The second-order valence-corrected chi connectivity index (χ2v) is 7.58. The van der Waals surface area contributed by atoms with Gasteiger partial charge in [-0.2, -0.15) is 11.8 Å². The van der Waals surface area contributed by atoms with Gasteiger partial charge in [-0.05, 0) is 43.9 Å². The van der Waals surface area contributed by atoms with Crippen molar-refractivity contribution in [3.05, 3.63) is 0 Å². The van der Waals surface area contributed by atoms with Crippen LogP contribution in [0.1, 0.15) is 52.4 Å². The number of nitrogens with one attached hydrogen (secondary N) is 1. The molecule has 1 fully saturated rings. The van der Waals surface area contributed by atoms with Crippen molar-refractivity contribution in [2.45, 2.75) is 57.1 Å². The van der Waals surface area contributed by atoms with Gasteiger partial charge in [0.2, 0.25) is 5.91 Å². The van der Waals surface area contributed by atoms with Gasteiger partial charge in [0.05, 0.1) is 0 Å². The predicted octanol–water partition coefficient (Wildman–Crippen LogP) is 2.79. The van der Waals surface area contributed by atoms with Crippen molar-refractivity contribution in [1.82, 2.24) is 5.32 Å². The third kappa shape index (κ3) is 5.74. The number of carbonyl (C=O) groups is 1. The summed E-state index contributed by atoms with van der Waals surface area (Å²) in [5, 5.41) is 3.14. The topological polar surface area (TPSA) is 55.1 Å². The molecule has 0 aliphatic heterocycles. The van der Waals surface area contributed by atoms with Gasteiger partial charge < -0.3 is 11.1 Å². The molecule has 4 heteroatoms. The van der Waals surface area contributed by atoms with Crippen LogP contribution in [0.15, 0.2) is 0 Å². The van der Waals surface area contributed by atoms with Gasteiger partial charge in [0.1, 0.15) is 0 Å². The highest BCUT2D eigenvalue weighted by Crippen LogP contribution is 2.39. The zero-order valence-corrected chi connectivity index (χ0v) is 13.5. The molecule has 0 aromatic carbocycles. The van der Waals surface area contributed by atoms with Crippen LogP contribution in [0, 0.1) is 11.8 Å². The van der Waals surface area contributed by atoms with Gasteiger partial charge in [-0.15, -0.1) is 0 Å². The lowest BCUT2D eigenvalue weighted by Gasteiger charge is -2.27. The Morgan fingerprint density at radius 2 is 2.00 bits per heavy atom. The molecule has 1 aliphatic carbocycles. The van der Waals surface area contributed by atoms with E-state index >= 15 is 0 Å². The van der Waals surface area contributed by atoms with Gasteiger partial charge in [0, 0.05) is 17.7 Å². The van der Waals surface area contributed by atoms with E-state index in [1.54, 1.807) is 0 Å². The van der Waals surface area contributed by atoms with E-state index in [9.17, 15) is 4.79 Å². The van der Waals surface area contributed by atoms with Crippen LogP contribution in [0.25, 0.3) is 0 Å². The van der Waals surface area contributed by atoms with Crippen molar-refractivity contribution in [3.8, 4) is 0 Å². The number of hydrogen-bond acceptors (Lipinski definition) is 3. The molecular formula is C15H30N2OS. The molecule has 0 heterocycles. The molecule has 3 nitrogen and oxygen atoms in total. The summed E-state index contributed by atoms with van der Waals surface area (Å²) < 4.78 is 0.298. The van der Waals surface area contributed by atoms with Crippen LogP contribution in [-0.2, 0) is 4.79 Å². The van der Waals surface area contributed by atoms with Crippen molar-refractivity contribution in [3.63, 3.8) is 0 Å². The number of hydrogen-bond donors (Lipinski definition) is 2. The summed E-state index contributed by atoms with van der Waals surface area (Å²) in [5.74, 6) is 1.11. The number of thioether (sulfide) groups is 1. The molecule has 3 N–H and O–H groups in total. The van der Waals surface area contributed by atoms with E-state index in [4.69, 9.17) is 5.73 Å². The summed E-state index contributed by atoms with van der Waals surface area (Å²) in [6.07, 6.45) is 8.86. The van der Waals surface area contributed by atoms with Crippen LogP contribution >= 0.6 is 11.8 Å². The maximum atomic E-state index is 12.0. The van der Waals surface area contributed by atoms with E-state index in [1.807, 2.05) is 11.8 Å². The van der Waals surface area contributed by atoms with Gasteiger partial charge in [-0.3, -0.25) is 4.79 Å². The normalized spacial score (nSPS) is 19.6. The third-order valence-corrected chi connectivity index (χ3v) is 5.59. The van der Waals surface area contributed by atoms with E-state index in [2.05, 4.69) is 25.4 Å². The van der Waals surface area contributed by atoms with Gasteiger partial charge in [-0.1, -0.05) is 26.7 Å². The van der Waals surface area contributed by atoms with E-state index in [1.165, 1.54) is 25.7 Å². The van der Waals surface area contributed by atoms with Crippen LogP contribution in [0.3, 0.4) is 0 Å². The minimum Gasteiger partial charge on any atom is -0.355 e. The summed E-state index contributed by atoms with van der Waals surface area (Å²) in [6, 6.07) is 0. The van der Waals surface area contributed by atoms with Gasteiger partial charge in [0.25, 0.3) is 0 Å². The quantitative estimate of drug-likeness (QED) is 0.721. The lowest BCUT2D eigenvalue weighted by Crippen LogP contribution is -2.39. The molecule has 112 valence electrons. The molecule has 0 bridgehead atoms. The Hall–Kier alpha value is -0.220. The maximum Gasteiger partial charge on any atom is 0.220 e. The molecule has 0 spiro atoms. The number of rotatable bonds is 8. The molecule has 19 heavy (non-hydrogen) atoms. The third-order valence-electron chi connectivity index (χ3n) is 4.17. The van der Waals surface area contributed by atoms with Crippen LogP contribution in [-0.4, -0.2) is 30.0 Å². The van der Waals surface area contributed by atoms with Gasteiger partial charge >= 0.3 is 0 Å². The van der Waals surface area contributed by atoms with Crippen molar-refractivity contribution in [2.75, 3.05) is 19.3 Å². The second kappa shape index (κ2) is 8.15. The fraction of sp³-hybridized carbons (Fsp3) is 0.933. The van der Waals surface area contributed by atoms with Crippen LogP contribution in [0.4, 0.5) is 0 Å². The molecule has 1 saturated carbocycles. The van der Waals surface area contributed by atoms with Crippen LogP contribution in [0.2, 0.25) is 0 Å². The Kier molecular flexibility index (Phi) is 7.22. The first-order valence-electron chi connectivity index (χ1n) is 7.53. The fourth-order valence-electron chi connectivity index (χ4n) is 3.00. The molecule has 0 saturated heterocycles. The molecule has 0 radical (unpaired) electrons. The Morgan fingerprint density at radius 3 is 2.47 bits per heavy atom. The van der Waals surface area contributed by atoms with Crippen LogP contribution in [0.5, 0.6) is 0 Å². The average Bonchev–Trinajstić information content (AvgIpc) is 2.84. The first-order chi connectivity index (χ1) is 9.01. The largest absolute Gasteiger partial charge is 0.355 e. The smallest absolute Gasteiger partial charge is 0.220 e. The summed E-state index contributed by atoms with van der Waals surface area (Å²) in [6.45, 7) is 5.80. The van der Waals surface area contributed by atoms with Crippen molar-refractivity contribution < 1.29 is 4.79 Å². The first kappa shape index (κ1) is 16.8. The average molecular weight is 286 g/mol. The summed E-state index contributed by atoms with van der Waals surface area (Å²) in [5.41, 5.74) is 5.76. The maximum absolute atomic E-state index is 12.0. The minimum atomic E-state index is 0.177. The molecular weight excluding hydrogens is 256 g/mol. The highest BCUT2D eigenvalue weighted by atomic mass is 32.2. The van der Waals surface area contributed by atoms with E-state index in [-0.39, 0.29) is 5.91 Å². The first-order valence-corrected chi connectivity index (χ1v) is 8.75. The zero-order valence-electron chi connectivity index (χ0n) is 12.7. The summed E-state index contributed by atoms with van der Waals surface area (Å²) >= 11 is 1.92. The van der Waals surface area contributed by atoms with Crippen LogP contribution < -0.4 is 11.1 Å². The Labute approximate surface area is 122 Å². The van der Waals surface area contributed by atoms with Gasteiger partial charge in [0.15, 0.2) is 0 Å². The van der Waals surface area contributed by atoms with Gasteiger partial charge in [-0.25, -0.2) is 0 Å². The second-order valence-electron chi connectivity index (χ2n) is 6.31. The molecule has 1 rings (SSSR count). The number of nitrogens with two attached hydrogens (primary N) is 1. The molecule has 1 aliphatic rings. The highest BCUT2D eigenvalue weighted by Gasteiger charge is 2.33. The highest BCUT2D eigenvalue weighted by molar-refractivity contribution is 8.00. The zero-order chi connectivity index (χ0) is 14.3. The molecule has 1 amide bonds. The van der Waals surface area contributed by atoms with E-state index < -0.39 is 0 Å². The SMILES string of the molecule is CSC1(CNC(=O)CC(CN)CC(C)C)CCCC1. The standard InChI is InChI=1S/C15H30N2OS/c1-12(2)8-13(10-16)9-14(18)17-11-15(19-3)6-4-5-7-15/h12-13H,4-11,16H2,1-3H3,(H,17,18). The summed E-state index contributed by atoms with van der Waals surface area (Å²) in [4.78, 5) is 12.0. The lowest BCUT2D eigenvalue weighted by molar-refractivity contribution is -0.122. The van der Waals surface area contributed by atoms with Crippen molar-refractivity contribution >= 4 is 17.7 Å².